The molecule has 1 aromatic carbocycles. The predicted molar refractivity (Wildman–Crippen MR) is 71.6 cm³/mol. The summed E-state index contributed by atoms with van der Waals surface area (Å²) in [5.74, 6) is -1.45. The Hall–Kier alpha value is -2.35. The van der Waals surface area contributed by atoms with Crippen LogP contribution < -0.4 is 10.2 Å². The second-order valence-electron chi connectivity index (χ2n) is 4.43. The third-order valence-corrected chi connectivity index (χ3v) is 3.28. The van der Waals surface area contributed by atoms with Gasteiger partial charge in [0, 0.05) is 12.7 Å². The highest BCUT2D eigenvalue weighted by Crippen LogP contribution is 2.32. The lowest BCUT2D eigenvalue weighted by atomic mass is 10.1. The average molecular weight is 257 g/mol. The monoisotopic (exact) mass is 257 g/mol. The topological polar surface area (TPSA) is 73.2 Å². The van der Waals surface area contributed by atoms with Crippen molar-refractivity contribution in [1.82, 2.24) is 0 Å². The SMILES string of the molecule is CCC(C#N)C(=O)N1C(=O)Cc2cc(NC)ccc21. The van der Waals surface area contributed by atoms with Crippen molar-refractivity contribution in [2.24, 2.45) is 5.92 Å². The molecule has 2 amide bonds. The highest BCUT2D eigenvalue weighted by atomic mass is 16.2. The molecular weight excluding hydrogens is 242 g/mol. The molecule has 2 rings (SSSR count). The van der Waals surface area contributed by atoms with Crippen LogP contribution in [0.4, 0.5) is 11.4 Å². The van der Waals surface area contributed by atoms with Gasteiger partial charge >= 0.3 is 0 Å². The van der Waals surface area contributed by atoms with E-state index in [1.54, 1.807) is 20.0 Å². The number of carbonyl (C=O) groups excluding carboxylic acids is 2. The van der Waals surface area contributed by atoms with Gasteiger partial charge in [0.15, 0.2) is 0 Å². The van der Waals surface area contributed by atoms with E-state index in [-0.39, 0.29) is 12.3 Å². The highest BCUT2D eigenvalue weighted by molar-refractivity contribution is 6.20. The molecule has 98 valence electrons. The van der Waals surface area contributed by atoms with Gasteiger partial charge in [-0.15, -0.1) is 0 Å². The zero-order valence-corrected chi connectivity index (χ0v) is 10.9. The maximum absolute atomic E-state index is 12.2. The van der Waals surface area contributed by atoms with Gasteiger partial charge in [-0.2, -0.15) is 5.26 Å². The lowest BCUT2D eigenvalue weighted by Crippen LogP contribution is -2.37. The van der Waals surface area contributed by atoms with Gasteiger partial charge < -0.3 is 5.32 Å². The first-order valence-electron chi connectivity index (χ1n) is 6.19. The molecule has 1 N–H and O–H groups in total. The summed E-state index contributed by atoms with van der Waals surface area (Å²) in [5.41, 5.74) is 2.31. The molecule has 0 spiro atoms. The number of nitrogens with zero attached hydrogens (tertiary/aromatic N) is 2. The molecule has 5 nitrogen and oxygen atoms in total. The molecule has 1 aromatic rings. The fraction of sp³-hybridized carbons (Fsp3) is 0.357. The Kier molecular flexibility index (Phi) is 3.52. The molecule has 1 atom stereocenters. The van der Waals surface area contributed by atoms with E-state index in [0.29, 0.717) is 12.1 Å². The van der Waals surface area contributed by atoms with Crippen molar-refractivity contribution in [3.05, 3.63) is 23.8 Å². The third-order valence-electron chi connectivity index (χ3n) is 3.28. The first-order valence-corrected chi connectivity index (χ1v) is 6.19. The minimum Gasteiger partial charge on any atom is -0.388 e. The van der Waals surface area contributed by atoms with Gasteiger partial charge in [0.05, 0.1) is 18.2 Å². The van der Waals surface area contributed by atoms with Crippen LogP contribution >= 0.6 is 0 Å². The van der Waals surface area contributed by atoms with Crippen molar-refractivity contribution in [2.75, 3.05) is 17.3 Å². The summed E-state index contributed by atoms with van der Waals surface area (Å²) in [6.07, 6.45) is 0.613. The summed E-state index contributed by atoms with van der Waals surface area (Å²) >= 11 is 0. The summed E-state index contributed by atoms with van der Waals surface area (Å²) in [6.45, 7) is 1.76. The number of fused-ring (bicyclic) bond motifs is 1. The second-order valence-corrected chi connectivity index (χ2v) is 4.43. The van der Waals surface area contributed by atoms with Crippen LogP contribution in [-0.4, -0.2) is 18.9 Å². The molecule has 0 saturated heterocycles. The quantitative estimate of drug-likeness (QED) is 0.894. The fourth-order valence-electron chi connectivity index (χ4n) is 2.20. The average Bonchev–Trinajstić information content (AvgIpc) is 2.74. The molecule has 0 radical (unpaired) electrons. The molecule has 0 fully saturated rings. The van der Waals surface area contributed by atoms with Gasteiger partial charge in [-0.3, -0.25) is 9.59 Å². The molecule has 1 heterocycles. The first kappa shape index (κ1) is 13.1. The largest absolute Gasteiger partial charge is 0.388 e. The van der Waals surface area contributed by atoms with Crippen LogP contribution in [0.3, 0.4) is 0 Å². The van der Waals surface area contributed by atoms with E-state index in [1.807, 2.05) is 18.2 Å². The van der Waals surface area contributed by atoms with Gasteiger partial charge in [-0.05, 0) is 30.2 Å². The second kappa shape index (κ2) is 5.11. The first-order chi connectivity index (χ1) is 9.12. The van der Waals surface area contributed by atoms with Crippen molar-refractivity contribution in [2.45, 2.75) is 19.8 Å². The molecule has 0 aromatic heterocycles. The van der Waals surface area contributed by atoms with Crippen LogP contribution in [0.2, 0.25) is 0 Å². The van der Waals surface area contributed by atoms with Gasteiger partial charge in [0.2, 0.25) is 5.91 Å². The zero-order chi connectivity index (χ0) is 14.0. The molecule has 0 aliphatic carbocycles. The summed E-state index contributed by atoms with van der Waals surface area (Å²) in [5, 5.41) is 11.9. The Labute approximate surface area is 111 Å². The Morgan fingerprint density at radius 1 is 1.58 bits per heavy atom. The molecular formula is C14H15N3O2. The van der Waals surface area contributed by atoms with E-state index < -0.39 is 11.8 Å². The third kappa shape index (κ3) is 2.17. The Balaban J connectivity index is 2.38. The van der Waals surface area contributed by atoms with Crippen molar-refractivity contribution in [1.29, 1.82) is 5.26 Å². The number of hydrogen-bond acceptors (Lipinski definition) is 4. The molecule has 1 aliphatic heterocycles. The summed E-state index contributed by atoms with van der Waals surface area (Å²) in [7, 11) is 1.80. The fourth-order valence-corrected chi connectivity index (χ4v) is 2.20. The summed E-state index contributed by atoms with van der Waals surface area (Å²) in [4.78, 5) is 25.3. The molecule has 19 heavy (non-hydrogen) atoms. The van der Waals surface area contributed by atoms with E-state index in [0.717, 1.165) is 16.2 Å². The zero-order valence-electron chi connectivity index (χ0n) is 10.9. The Bertz CT molecular complexity index is 575. The number of amides is 2. The van der Waals surface area contributed by atoms with Crippen LogP contribution in [0, 0.1) is 17.2 Å². The predicted octanol–water partition coefficient (Wildman–Crippen LogP) is 1.69. The van der Waals surface area contributed by atoms with Crippen LogP contribution in [0.25, 0.3) is 0 Å². The van der Waals surface area contributed by atoms with Crippen LogP contribution in [0.5, 0.6) is 0 Å². The smallest absolute Gasteiger partial charge is 0.251 e. The number of rotatable bonds is 3. The van der Waals surface area contributed by atoms with Gasteiger partial charge in [-0.25, -0.2) is 4.90 Å². The lowest BCUT2D eigenvalue weighted by molar-refractivity contribution is -0.127. The van der Waals surface area contributed by atoms with E-state index in [4.69, 9.17) is 5.26 Å². The van der Waals surface area contributed by atoms with Crippen LogP contribution in [0.15, 0.2) is 18.2 Å². The lowest BCUT2D eigenvalue weighted by Gasteiger charge is -2.18. The van der Waals surface area contributed by atoms with Crippen LogP contribution in [-0.2, 0) is 16.0 Å². The minimum atomic E-state index is -0.765. The normalized spacial score (nSPS) is 14.8. The van der Waals surface area contributed by atoms with Crippen molar-refractivity contribution in [3.8, 4) is 6.07 Å². The molecule has 1 unspecified atom stereocenters. The van der Waals surface area contributed by atoms with Crippen molar-refractivity contribution in [3.63, 3.8) is 0 Å². The van der Waals surface area contributed by atoms with Gasteiger partial charge in [-0.1, -0.05) is 6.92 Å². The number of nitrogens with one attached hydrogen (secondary N) is 1. The number of imide groups is 1. The van der Waals surface area contributed by atoms with Gasteiger partial charge in [0.1, 0.15) is 5.92 Å². The maximum Gasteiger partial charge on any atom is 0.251 e. The Morgan fingerprint density at radius 2 is 2.32 bits per heavy atom. The van der Waals surface area contributed by atoms with E-state index in [1.165, 1.54) is 0 Å². The number of hydrogen-bond donors (Lipinski definition) is 1. The number of carbonyl (C=O) groups is 2. The molecule has 0 bridgehead atoms. The standard InChI is InChI=1S/C14H15N3O2/c1-3-9(8-15)14(19)17-12-5-4-11(16-2)6-10(12)7-13(17)18/h4-6,9,16H,3,7H2,1-2H3. The van der Waals surface area contributed by atoms with Gasteiger partial charge in [0.25, 0.3) is 5.91 Å². The molecule has 1 aliphatic rings. The van der Waals surface area contributed by atoms with E-state index in [2.05, 4.69) is 5.32 Å². The molecule has 5 heteroatoms. The maximum atomic E-state index is 12.2. The number of benzene rings is 1. The summed E-state index contributed by atoms with van der Waals surface area (Å²) < 4.78 is 0. The van der Waals surface area contributed by atoms with Crippen molar-refractivity contribution >= 4 is 23.2 Å². The van der Waals surface area contributed by atoms with Crippen LogP contribution in [0.1, 0.15) is 18.9 Å². The van der Waals surface area contributed by atoms with Crippen molar-refractivity contribution < 1.29 is 9.59 Å². The number of anilines is 2. The van der Waals surface area contributed by atoms with E-state index in [9.17, 15) is 9.59 Å². The summed E-state index contributed by atoms with van der Waals surface area (Å²) in [6, 6.07) is 7.36. The molecule has 0 saturated carbocycles. The van der Waals surface area contributed by atoms with E-state index >= 15 is 0 Å². The minimum absolute atomic E-state index is 0.207. The highest BCUT2D eigenvalue weighted by Gasteiger charge is 2.35. The number of nitriles is 1. The Morgan fingerprint density at radius 3 is 2.89 bits per heavy atom.